The van der Waals surface area contributed by atoms with Crippen molar-refractivity contribution in [2.45, 2.75) is 37.0 Å². The quantitative estimate of drug-likeness (QED) is 0.640. The largest absolute Gasteiger partial charge is 0.460 e. The predicted molar refractivity (Wildman–Crippen MR) is 47.9 cm³/mol. The summed E-state index contributed by atoms with van der Waals surface area (Å²) in [4.78, 5) is 10.9. The molecule has 0 aromatic rings. The first-order valence-electron chi connectivity index (χ1n) is 5.24. The number of hydrogen-bond acceptors (Lipinski definition) is 3. The van der Waals surface area contributed by atoms with E-state index in [0.717, 1.165) is 0 Å². The molecule has 0 aliphatic carbocycles. The summed E-state index contributed by atoms with van der Waals surface area (Å²) in [7, 11) is 0. The molecule has 1 heterocycles. The van der Waals surface area contributed by atoms with Crippen LogP contribution in [0.3, 0.4) is 0 Å². The normalized spacial score (nSPS) is 19.3. The number of ether oxygens (including phenoxy) is 1. The maximum Gasteiger partial charge on any atom is 0.460 e. The van der Waals surface area contributed by atoms with E-state index in [1.807, 2.05) is 0 Å². The predicted octanol–water partition coefficient (Wildman–Crippen LogP) is 2.11. The zero-order chi connectivity index (χ0) is 14.9. The van der Waals surface area contributed by atoms with Crippen molar-refractivity contribution < 1.29 is 40.3 Å². The highest BCUT2D eigenvalue weighted by atomic mass is 19.4. The van der Waals surface area contributed by atoms with Crippen LogP contribution >= 0.6 is 0 Å². The average molecular weight is 297 g/mol. The Balaban J connectivity index is 2.78. The molecule has 0 spiro atoms. The fraction of sp³-hybridized carbons (Fsp3) is 0.889. The average Bonchev–Trinajstić information content (AvgIpc) is 2.28. The summed E-state index contributed by atoms with van der Waals surface area (Å²) >= 11 is 0. The summed E-state index contributed by atoms with van der Waals surface area (Å²) in [6.07, 6.45) is -7.49. The fourth-order valence-electron chi connectivity index (χ4n) is 1.44. The lowest BCUT2D eigenvalue weighted by Crippen LogP contribution is -2.57. The van der Waals surface area contributed by atoms with E-state index in [-0.39, 0.29) is 12.8 Å². The van der Waals surface area contributed by atoms with Crippen LogP contribution < -0.4 is 5.32 Å². The highest BCUT2D eigenvalue weighted by molar-refractivity contribution is 5.79. The Morgan fingerprint density at radius 3 is 1.89 bits per heavy atom. The molecule has 1 saturated heterocycles. The second-order valence-electron chi connectivity index (χ2n) is 4.00. The van der Waals surface area contributed by atoms with Gasteiger partial charge in [-0.25, -0.2) is 4.79 Å². The second kappa shape index (κ2) is 5.14. The third-order valence-electron chi connectivity index (χ3n) is 2.57. The zero-order valence-corrected chi connectivity index (χ0v) is 9.37. The maximum absolute atomic E-state index is 12.9. The molecule has 0 aromatic heterocycles. The van der Waals surface area contributed by atoms with Gasteiger partial charge < -0.3 is 10.1 Å². The summed E-state index contributed by atoms with van der Waals surface area (Å²) in [5, 5.41) is 2.77. The van der Waals surface area contributed by atoms with Crippen LogP contribution in [0.1, 0.15) is 12.8 Å². The molecule has 0 aromatic carbocycles. The molecule has 0 bridgehead atoms. The summed E-state index contributed by atoms with van der Waals surface area (Å²) in [6.45, 7) is 0.582. The number of alkyl halides is 7. The Morgan fingerprint density at radius 2 is 1.47 bits per heavy atom. The van der Waals surface area contributed by atoms with E-state index in [2.05, 4.69) is 10.1 Å². The molecule has 0 atom stereocenters. The number of halogens is 7. The fourth-order valence-corrected chi connectivity index (χ4v) is 1.44. The van der Waals surface area contributed by atoms with Crippen molar-refractivity contribution in [2.24, 2.45) is 0 Å². The molecule has 0 radical (unpaired) electrons. The van der Waals surface area contributed by atoms with E-state index in [9.17, 15) is 35.5 Å². The first-order chi connectivity index (χ1) is 8.50. The number of hydrogen-bond donors (Lipinski definition) is 1. The molecule has 19 heavy (non-hydrogen) atoms. The number of carbonyl (C=O) groups is 1. The Kier molecular flexibility index (Phi) is 4.33. The summed E-state index contributed by atoms with van der Waals surface area (Å²) < 4.78 is 90.3. The lowest BCUT2D eigenvalue weighted by atomic mass is 10.1. The Morgan fingerprint density at radius 1 is 1.00 bits per heavy atom. The van der Waals surface area contributed by atoms with Crippen LogP contribution in [-0.2, 0) is 9.53 Å². The van der Waals surface area contributed by atoms with Gasteiger partial charge in [0.25, 0.3) is 0 Å². The highest BCUT2D eigenvalue weighted by Gasteiger charge is 2.77. The molecule has 3 nitrogen and oxygen atoms in total. The van der Waals surface area contributed by atoms with Crippen LogP contribution in [0.2, 0.25) is 0 Å². The van der Waals surface area contributed by atoms with Gasteiger partial charge in [0.05, 0.1) is 0 Å². The highest BCUT2D eigenvalue weighted by Crippen LogP contribution is 2.47. The zero-order valence-electron chi connectivity index (χ0n) is 9.37. The number of rotatable bonds is 3. The van der Waals surface area contributed by atoms with E-state index in [0.29, 0.717) is 13.1 Å². The minimum Gasteiger partial charge on any atom is -0.458 e. The van der Waals surface area contributed by atoms with Crippen LogP contribution in [0, 0.1) is 0 Å². The number of esters is 1. The molecule has 0 saturated carbocycles. The van der Waals surface area contributed by atoms with E-state index in [1.54, 1.807) is 0 Å². The van der Waals surface area contributed by atoms with Gasteiger partial charge in [-0.2, -0.15) is 30.7 Å². The monoisotopic (exact) mass is 297 g/mol. The van der Waals surface area contributed by atoms with Gasteiger partial charge in [-0.1, -0.05) is 0 Å². The van der Waals surface area contributed by atoms with Crippen molar-refractivity contribution in [2.75, 3.05) is 13.1 Å². The summed E-state index contributed by atoms with van der Waals surface area (Å²) in [5.74, 6) is -15.3. The molecule has 10 heteroatoms. The first-order valence-corrected chi connectivity index (χ1v) is 5.24. The molecule has 1 fully saturated rings. The molecule has 1 aliphatic rings. The number of carbonyl (C=O) groups excluding carboxylic acids is 1. The van der Waals surface area contributed by atoms with Crippen molar-refractivity contribution in [3.63, 3.8) is 0 Å². The van der Waals surface area contributed by atoms with Gasteiger partial charge in [0, 0.05) is 0 Å². The minimum atomic E-state index is -6.54. The maximum atomic E-state index is 12.9. The molecule has 1 rings (SSSR count). The smallest absolute Gasteiger partial charge is 0.458 e. The summed E-state index contributed by atoms with van der Waals surface area (Å²) in [5.41, 5.74) is 0. The minimum absolute atomic E-state index is 0.0689. The standard InChI is InChI=1S/C9H10F7NO2/c10-7(11,8(12,13)9(14,15)16)6(18)19-5-1-3-17-4-2-5/h5,17H,1-4H2. The molecule has 1 aliphatic heterocycles. The summed E-state index contributed by atoms with van der Waals surface area (Å²) in [6, 6.07) is 0. The lowest BCUT2D eigenvalue weighted by molar-refractivity contribution is -0.349. The SMILES string of the molecule is O=C(OC1CCNCC1)C(F)(F)C(F)(F)C(F)(F)F. The molecule has 112 valence electrons. The third kappa shape index (κ3) is 3.10. The van der Waals surface area contributed by atoms with Crippen molar-refractivity contribution in [3.8, 4) is 0 Å². The van der Waals surface area contributed by atoms with Crippen molar-refractivity contribution in [1.29, 1.82) is 0 Å². The van der Waals surface area contributed by atoms with Gasteiger partial charge in [-0.3, -0.25) is 0 Å². The number of piperidine rings is 1. The Labute approximate surface area is 103 Å². The van der Waals surface area contributed by atoms with Crippen LogP contribution in [-0.4, -0.2) is 43.2 Å². The van der Waals surface area contributed by atoms with Crippen molar-refractivity contribution in [3.05, 3.63) is 0 Å². The van der Waals surface area contributed by atoms with Gasteiger partial charge in [-0.15, -0.1) is 0 Å². The van der Waals surface area contributed by atoms with Crippen LogP contribution in [0.25, 0.3) is 0 Å². The van der Waals surface area contributed by atoms with Gasteiger partial charge in [0.1, 0.15) is 6.10 Å². The Hall–Kier alpha value is -1.06. The van der Waals surface area contributed by atoms with Gasteiger partial charge in [0.2, 0.25) is 0 Å². The topological polar surface area (TPSA) is 38.3 Å². The Bertz CT molecular complexity index is 336. The van der Waals surface area contributed by atoms with E-state index >= 15 is 0 Å². The molecule has 0 unspecified atom stereocenters. The van der Waals surface area contributed by atoms with Crippen LogP contribution in [0.4, 0.5) is 30.7 Å². The van der Waals surface area contributed by atoms with Gasteiger partial charge >= 0.3 is 24.0 Å². The third-order valence-corrected chi connectivity index (χ3v) is 2.57. The second-order valence-corrected chi connectivity index (χ2v) is 4.00. The van der Waals surface area contributed by atoms with Crippen LogP contribution in [0.15, 0.2) is 0 Å². The van der Waals surface area contributed by atoms with Crippen molar-refractivity contribution >= 4 is 5.97 Å². The van der Waals surface area contributed by atoms with E-state index in [4.69, 9.17) is 0 Å². The van der Waals surface area contributed by atoms with E-state index in [1.165, 1.54) is 0 Å². The molecular formula is C9H10F7NO2. The lowest BCUT2D eigenvalue weighted by Gasteiger charge is -2.29. The van der Waals surface area contributed by atoms with Crippen LogP contribution in [0.5, 0.6) is 0 Å². The van der Waals surface area contributed by atoms with Gasteiger partial charge in [0.15, 0.2) is 0 Å². The molecule has 1 N–H and O–H groups in total. The van der Waals surface area contributed by atoms with Crippen molar-refractivity contribution in [1.82, 2.24) is 5.32 Å². The molecule has 0 amide bonds. The molecular weight excluding hydrogens is 287 g/mol. The van der Waals surface area contributed by atoms with Gasteiger partial charge in [-0.05, 0) is 25.9 Å². The first kappa shape index (κ1) is 16.0. The number of nitrogens with one attached hydrogen (secondary N) is 1. The van der Waals surface area contributed by atoms with E-state index < -0.39 is 30.1 Å².